The Morgan fingerprint density at radius 3 is 2.50 bits per heavy atom. The number of aromatic carboxylic acids is 1. The van der Waals surface area contributed by atoms with Crippen molar-refractivity contribution >= 4 is 29.2 Å². The third-order valence-electron chi connectivity index (χ3n) is 4.42. The number of likely N-dealkylation sites (N-methyl/N-ethyl adjacent to an activating group) is 1. The molecule has 0 radical (unpaired) electrons. The summed E-state index contributed by atoms with van der Waals surface area (Å²) in [6.45, 7) is 0. The van der Waals surface area contributed by atoms with Crippen LogP contribution in [0.15, 0.2) is 65.1 Å². The van der Waals surface area contributed by atoms with Gasteiger partial charge in [-0.3, -0.25) is 4.79 Å². The summed E-state index contributed by atoms with van der Waals surface area (Å²) >= 11 is 0. The molecule has 0 fully saturated rings. The van der Waals surface area contributed by atoms with Crippen LogP contribution in [-0.2, 0) is 4.79 Å². The number of carbonyl (C=O) groups is 2. The minimum absolute atomic E-state index is 0.0741. The molecular formula is C21H15NO4. The Morgan fingerprint density at radius 2 is 1.77 bits per heavy atom. The van der Waals surface area contributed by atoms with Gasteiger partial charge in [-0.05, 0) is 36.4 Å². The van der Waals surface area contributed by atoms with Crippen LogP contribution in [0.2, 0.25) is 0 Å². The van der Waals surface area contributed by atoms with E-state index in [9.17, 15) is 9.59 Å². The zero-order chi connectivity index (χ0) is 18.3. The van der Waals surface area contributed by atoms with Crippen molar-refractivity contribution < 1.29 is 19.1 Å². The molecule has 128 valence electrons. The molecule has 1 aliphatic heterocycles. The smallest absolute Gasteiger partial charge is 0.335 e. The van der Waals surface area contributed by atoms with Gasteiger partial charge in [-0.1, -0.05) is 30.3 Å². The predicted octanol–water partition coefficient (Wildman–Crippen LogP) is 4.16. The molecule has 3 aromatic rings. The average molecular weight is 345 g/mol. The maximum absolute atomic E-state index is 12.5. The minimum atomic E-state index is -0.969. The van der Waals surface area contributed by atoms with Crippen LogP contribution in [0.1, 0.15) is 21.7 Å². The molecule has 0 saturated carbocycles. The second-order valence-corrected chi connectivity index (χ2v) is 6.02. The first-order valence-electron chi connectivity index (χ1n) is 8.07. The van der Waals surface area contributed by atoms with E-state index in [2.05, 4.69) is 0 Å². The number of fused-ring (bicyclic) bond motifs is 1. The normalized spacial score (nSPS) is 14.7. The van der Waals surface area contributed by atoms with Crippen molar-refractivity contribution in [2.45, 2.75) is 0 Å². The molecule has 0 atom stereocenters. The highest BCUT2D eigenvalue weighted by molar-refractivity contribution is 6.35. The van der Waals surface area contributed by atoms with Crippen molar-refractivity contribution in [1.82, 2.24) is 0 Å². The van der Waals surface area contributed by atoms with Crippen LogP contribution in [0.3, 0.4) is 0 Å². The van der Waals surface area contributed by atoms with Gasteiger partial charge in [0.15, 0.2) is 0 Å². The van der Waals surface area contributed by atoms with Gasteiger partial charge in [0, 0.05) is 18.2 Å². The van der Waals surface area contributed by atoms with Crippen molar-refractivity contribution in [1.29, 1.82) is 0 Å². The van der Waals surface area contributed by atoms with Crippen LogP contribution in [-0.4, -0.2) is 24.0 Å². The van der Waals surface area contributed by atoms with Crippen molar-refractivity contribution in [2.24, 2.45) is 0 Å². The number of furan rings is 1. The van der Waals surface area contributed by atoms with Crippen LogP contribution in [0.5, 0.6) is 0 Å². The maximum Gasteiger partial charge on any atom is 0.335 e. The van der Waals surface area contributed by atoms with E-state index in [0.717, 1.165) is 16.8 Å². The largest absolute Gasteiger partial charge is 0.478 e. The van der Waals surface area contributed by atoms with Crippen LogP contribution in [0.25, 0.3) is 23.0 Å². The molecule has 0 spiro atoms. The lowest BCUT2D eigenvalue weighted by Gasteiger charge is -2.07. The molecule has 4 rings (SSSR count). The number of rotatable bonds is 3. The van der Waals surface area contributed by atoms with E-state index in [1.807, 2.05) is 24.3 Å². The summed E-state index contributed by atoms with van der Waals surface area (Å²) in [5.74, 6) is 0.135. The Labute approximate surface area is 149 Å². The zero-order valence-corrected chi connectivity index (χ0v) is 14.0. The van der Waals surface area contributed by atoms with Crippen molar-refractivity contribution in [3.05, 3.63) is 77.6 Å². The molecule has 2 heterocycles. The van der Waals surface area contributed by atoms with Gasteiger partial charge in [-0.25, -0.2) is 4.79 Å². The molecule has 1 aromatic heterocycles. The van der Waals surface area contributed by atoms with E-state index in [0.29, 0.717) is 17.1 Å². The first-order valence-corrected chi connectivity index (χ1v) is 8.07. The summed E-state index contributed by atoms with van der Waals surface area (Å²) in [5, 5.41) is 8.97. The van der Waals surface area contributed by atoms with E-state index in [4.69, 9.17) is 9.52 Å². The first-order chi connectivity index (χ1) is 12.5. The summed E-state index contributed by atoms with van der Waals surface area (Å²) in [5.41, 5.74) is 3.34. The Balaban J connectivity index is 1.68. The third kappa shape index (κ3) is 2.59. The fourth-order valence-corrected chi connectivity index (χ4v) is 3.04. The molecule has 1 N–H and O–H groups in total. The number of carboxylic acids is 1. The lowest BCUT2D eigenvalue weighted by molar-refractivity contribution is -0.112. The second kappa shape index (κ2) is 6.04. The fourth-order valence-electron chi connectivity index (χ4n) is 3.04. The molecule has 1 aliphatic rings. The summed E-state index contributed by atoms with van der Waals surface area (Å²) in [6.07, 6.45) is 1.74. The van der Waals surface area contributed by atoms with Crippen LogP contribution >= 0.6 is 0 Å². The number of para-hydroxylation sites is 1. The second-order valence-electron chi connectivity index (χ2n) is 6.02. The Morgan fingerprint density at radius 1 is 1.04 bits per heavy atom. The Kier molecular flexibility index (Phi) is 3.69. The number of hydrogen-bond donors (Lipinski definition) is 1. The number of benzene rings is 2. The quantitative estimate of drug-likeness (QED) is 0.724. The van der Waals surface area contributed by atoms with Crippen molar-refractivity contribution in [3.8, 4) is 11.3 Å². The zero-order valence-electron chi connectivity index (χ0n) is 14.0. The average Bonchev–Trinajstić information content (AvgIpc) is 3.22. The van der Waals surface area contributed by atoms with Crippen molar-refractivity contribution in [3.63, 3.8) is 0 Å². The number of hydrogen-bond acceptors (Lipinski definition) is 3. The maximum atomic E-state index is 12.5. The molecule has 0 saturated heterocycles. The standard InChI is InChI=1S/C21H15NO4/c1-22-18-5-3-2-4-16(18)17(20(22)23)12-15-10-11-19(26-15)13-6-8-14(9-7-13)21(24)25/h2-12H,1H3,(H,24,25)/b17-12+. The van der Waals surface area contributed by atoms with Crippen LogP contribution < -0.4 is 4.90 Å². The van der Waals surface area contributed by atoms with Crippen molar-refractivity contribution in [2.75, 3.05) is 11.9 Å². The van der Waals surface area contributed by atoms with Gasteiger partial charge < -0.3 is 14.4 Å². The molecule has 5 nitrogen and oxygen atoms in total. The molecule has 0 bridgehead atoms. The summed E-state index contributed by atoms with van der Waals surface area (Å²) < 4.78 is 5.84. The van der Waals surface area contributed by atoms with Gasteiger partial charge in [0.25, 0.3) is 5.91 Å². The minimum Gasteiger partial charge on any atom is -0.478 e. The first kappa shape index (κ1) is 15.9. The highest BCUT2D eigenvalue weighted by atomic mass is 16.4. The van der Waals surface area contributed by atoms with Gasteiger partial charge >= 0.3 is 5.97 Å². The number of amides is 1. The molecule has 5 heteroatoms. The topological polar surface area (TPSA) is 70.8 Å². The van der Waals surface area contributed by atoms with E-state index in [1.165, 1.54) is 12.1 Å². The molecule has 0 aliphatic carbocycles. The third-order valence-corrected chi connectivity index (χ3v) is 4.42. The van der Waals surface area contributed by atoms with Gasteiger partial charge in [0.2, 0.25) is 0 Å². The summed E-state index contributed by atoms with van der Waals surface area (Å²) in [4.78, 5) is 25.1. The number of carbonyl (C=O) groups excluding carboxylic acids is 1. The number of nitrogens with zero attached hydrogens (tertiary/aromatic N) is 1. The molecule has 2 aromatic carbocycles. The van der Waals surface area contributed by atoms with Gasteiger partial charge in [0.1, 0.15) is 11.5 Å². The molecular weight excluding hydrogens is 330 g/mol. The number of carboxylic acid groups (broad SMARTS) is 1. The molecule has 1 amide bonds. The lowest BCUT2D eigenvalue weighted by atomic mass is 10.1. The van der Waals surface area contributed by atoms with Gasteiger partial charge in [-0.15, -0.1) is 0 Å². The summed E-state index contributed by atoms with van der Waals surface area (Å²) in [7, 11) is 1.75. The monoisotopic (exact) mass is 345 g/mol. The molecule has 26 heavy (non-hydrogen) atoms. The van der Waals surface area contributed by atoms with Gasteiger partial charge in [-0.2, -0.15) is 0 Å². The van der Waals surface area contributed by atoms with E-state index >= 15 is 0 Å². The Hall–Kier alpha value is -3.60. The van der Waals surface area contributed by atoms with Gasteiger partial charge in [0.05, 0.1) is 16.8 Å². The highest BCUT2D eigenvalue weighted by Crippen LogP contribution is 2.37. The highest BCUT2D eigenvalue weighted by Gasteiger charge is 2.29. The lowest BCUT2D eigenvalue weighted by Crippen LogP contribution is -2.20. The predicted molar refractivity (Wildman–Crippen MR) is 98.8 cm³/mol. The van der Waals surface area contributed by atoms with E-state index in [-0.39, 0.29) is 11.5 Å². The van der Waals surface area contributed by atoms with Crippen LogP contribution in [0, 0.1) is 0 Å². The van der Waals surface area contributed by atoms with E-state index < -0.39 is 5.97 Å². The van der Waals surface area contributed by atoms with Crippen LogP contribution in [0.4, 0.5) is 5.69 Å². The Bertz CT molecular complexity index is 1040. The molecule has 0 unspecified atom stereocenters. The van der Waals surface area contributed by atoms with E-state index in [1.54, 1.807) is 42.3 Å². The number of anilines is 1. The SMILES string of the molecule is CN1C(=O)/C(=C/c2ccc(-c3ccc(C(=O)O)cc3)o2)c2ccccc21. The fraction of sp³-hybridized carbons (Fsp3) is 0.0476. The summed E-state index contributed by atoms with van der Waals surface area (Å²) in [6, 6.07) is 17.7.